The van der Waals surface area contributed by atoms with Crippen LogP contribution >= 0.6 is 36.2 Å². The maximum absolute atomic E-state index is 4.26. The standard InChI is InChI=1S/C8H10N2S.2ClH/c1-3-9-4-2-7(1)8-10-5-6-11-8;;/h1,5-6,9H,2-4H2;2*1H. The van der Waals surface area contributed by atoms with E-state index in [1.54, 1.807) is 11.3 Å². The first kappa shape index (κ1) is 12.9. The Morgan fingerprint density at radius 1 is 1.38 bits per heavy atom. The molecular formula is C8H12Cl2N2S. The van der Waals surface area contributed by atoms with Gasteiger partial charge in [0.05, 0.1) is 0 Å². The van der Waals surface area contributed by atoms with Crippen molar-refractivity contribution in [1.29, 1.82) is 0 Å². The van der Waals surface area contributed by atoms with Crippen LogP contribution in [0.5, 0.6) is 0 Å². The van der Waals surface area contributed by atoms with Crippen LogP contribution in [0.4, 0.5) is 0 Å². The van der Waals surface area contributed by atoms with E-state index in [4.69, 9.17) is 0 Å². The van der Waals surface area contributed by atoms with E-state index in [2.05, 4.69) is 16.4 Å². The quantitative estimate of drug-likeness (QED) is 0.813. The summed E-state index contributed by atoms with van der Waals surface area (Å²) in [4.78, 5) is 4.26. The molecule has 0 aliphatic carbocycles. The van der Waals surface area contributed by atoms with Crippen LogP contribution in [0.25, 0.3) is 5.57 Å². The maximum Gasteiger partial charge on any atom is 0.118 e. The van der Waals surface area contributed by atoms with E-state index < -0.39 is 0 Å². The van der Waals surface area contributed by atoms with Gasteiger partial charge in [0.2, 0.25) is 0 Å². The van der Waals surface area contributed by atoms with E-state index in [9.17, 15) is 0 Å². The third kappa shape index (κ3) is 3.27. The summed E-state index contributed by atoms with van der Waals surface area (Å²) >= 11 is 1.72. The Morgan fingerprint density at radius 3 is 2.77 bits per heavy atom. The molecule has 0 atom stereocenters. The van der Waals surface area contributed by atoms with E-state index in [1.165, 1.54) is 10.6 Å². The lowest BCUT2D eigenvalue weighted by Crippen LogP contribution is -2.19. The largest absolute Gasteiger partial charge is 0.313 e. The zero-order valence-electron chi connectivity index (χ0n) is 7.03. The minimum Gasteiger partial charge on any atom is -0.313 e. The third-order valence-electron chi connectivity index (χ3n) is 1.77. The van der Waals surface area contributed by atoms with E-state index in [1.807, 2.05) is 11.6 Å². The SMILES string of the molecule is C1=C(c2nccs2)CCNC1.Cl.Cl. The zero-order valence-corrected chi connectivity index (χ0v) is 9.47. The highest BCUT2D eigenvalue weighted by Gasteiger charge is 2.06. The molecular weight excluding hydrogens is 227 g/mol. The predicted octanol–water partition coefficient (Wildman–Crippen LogP) is 2.36. The molecule has 5 heteroatoms. The molecule has 74 valence electrons. The number of rotatable bonds is 1. The summed E-state index contributed by atoms with van der Waals surface area (Å²) in [6.45, 7) is 2.08. The summed E-state index contributed by atoms with van der Waals surface area (Å²) in [7, 11) is 0. The molecule has 1 aromatic heterocycles. The van der Waals surface area contributed by atoms with Gasteiger partial charge < -0.3 is 5.32 Å². The lowest BCUT2D eigenvalue weighted by Gasteiger charge is -2.10. The molecule has 1 aliphatic heterocycles. The van der Waals surface area contributed by atoms with Crippen LogP contribution in [-0.2, 0) is 0 Å². The van der Waals surface area contributed by atoms with Crippen molar-refractivity contribution in [3.63, 3.8) is 0 Å². The molecule has 0 radical (unpaired) electrons. The molecule has 1 aromatic rings. The van der Waals surface area contributed by atoms with Crippen LogP contribution in [0, 0.1) is 0 Å². The highest BCUT2D eigenvalue weighted by atomic mass is 35.5. The van der Waals surface area contributed by atoms with Gasteiger partial charge in [-0.25, -0.2) is 4.98 Å². The Bertz CT molecular complexity index is 259. The number of thiazole rings is 1. The molecule has 13 heavy (non-hydrogen) atoms. The molecule has 0 aromatic carbocycles. The average molecular weight is 239 g/mol. The molecule has 0 amide bonds. The highest BCUT2D eigenvalue weighted by Crippen LogP contribution is 2.20. The predicted molar refractivity (Wildman–Crippen MR) is 62.1 cm³/mol. The Morgan fingerprint density at radius 2 is 2.23 bits per heavy atom. The highest BCUT2D eigenvalue weighted by molar-refractivity contribution is 7.10. The number of nitrogens with one attached hydrogen (secondary N) is 1. The fourth-order valence-electron chi connectivity index (χ4n) is 1.20. The smallest absolute Gasteiger partial charge is 0.118 e. The first-order valence-electron chi connectivity index (χ1n) is 3.76. The maximum atomic E-state index is 4.26. The summed E-state index contributed by atoms with van der Waals surface area (Å²) < 4.78 is 0. The van der Waals surface area contributed by atoms with Crippen LogP contribution in [-0.4, -0.2) is 18.1 Å². The molecule has 0 unspecified atom stereocenters. The summed E-state index contributed by atoms with van der Waals surface area (Å²) in [5.74, 6) is 0. The van der Waals surface area contributed by atoms with E-state index in [0.717, 1.165) is 19.5 Å². The number of nitrogens with zero attached hydrogens (tertiary/aromatic N) is 1. The summed E-state index contributed by atoms with van der Waals surface area (Å²) in [5, 5.41) is 6.49. The van der Waals surface area contributed by atoms with Crippen molar-refractivity contribution in [3.8, 4) is 0 Å². The van der Waals surface area contributed by atoms with Crippen molar-refractivity contribution in [2.24, 2.45) is 0 Å². The van der Waals surface area contributed by atoms with E-state index >= 15 is 0 Å². The van der Waals surface area contributed by atoms with Gasteiger partial charge in [-0.1, -0.05) is 6.08 Å². The zero-order chi connectivity index (χ0) is 7.52. The average Bonchev–Trinajstić information content (AvgIpc) is 2.58. The number of hydrogen-bond donors (Lipinski definition) is 1. The molecule has 2 rings (SSSR count). The second-order valence-corrected chi connectivity index (χ2v) is 3.42. The van der Waals surface area contributed by atoms with Gasteiger partial charge in [-0.3, -0.25) is 0 Å². The summed E-state index contributed by atoms with van der Waals surface area (Å²) in [5.41, 5.74) is 1.40. The number of hydrogen-bond acceptors (Lipinski definition) is 3. The Balaban J connectivity index is 0.000000720. The molecule has 2 nitrogen and oxygen atoms in total. The molecule has 1 N–H and O–H groups in total. The second-order valence-electron chi connectivity index (χ2n) is 2.52. The van der Waals surface area contributed by atoms with Crippen LogP contribution < -0.4 is 5.32 Å². The van der Waals surface area contributed by atoms with E-state index in [0.29, 0.717) is 0 Å². The number of aromatic nitrogens is 1. The summed E-state index contributed by atoms with van der Waals surface area (Å²) in [6, 6.07) is 0. The fraction of sp³-hybridized carbons (Fsp3) is 0.375. The van der Waals surface area contributed by atoms with Crippen LogP contribution in [0.15, 0.2) is 17.7 Å². The first-order valence-corrected chi connectivity index (χ1v) is 4.64. The van der Waals surface area contributed by atoms with Crippen LogP contribution in [0.1, 0.15) is 11.4 Å². The van der Waals surface area contributed by atoms with Gasteiger partial charge in [-0.2, -0.15) is 0 Å². The van der Waals surface area contributed by atoms with Crippen molar-refractivity contribution in [1.82, 2.24) is 10.3 Å². The van der Waals surface area contributed by atoms with Gasteiger partial charge in [0.1, 0.15) is 5.01 Å². The Kier molecular flexibility index (Phi) is 6.33. The monoisotopic (exact) mass is 238 g/mol. The molecule has 1 aliphatic rings. The Labute approximate surface area is 94.3 Å². The molecule has 0 saturated carbocycles. The minimum absolute atomic E-state index is 0. The van der Waals surface area contributed by atoms with Crippen LogP contribution in [0.3, 0.4) is 0 Å². The number of halogens is 2. The minimum atomic E-state index is 0. The van der Waals surface area contributed by atoms with Crippen molar-refractivity contribution in [3.05, 3.63) is 22.7 Å². The van der Waals surface area contributed by atoms with Crippen LogP contribution in [0.2, 0.25) is 0 Å². The molecule has 0 saturated heterocycles. The molecule has 2 heterocycles. The molecule has 0 fully saturated rings. The molecule has 0 bridgehead atoms. The van der Waals surface area contributed by atoms with Crippen molar-refractivity contribution in [2.45, 2.75) is 6.42 Å². The van der Waals surface area contributed by atoms with E-state index in [-0.39, 0.29) is 24.8 Å². The van der Waals surface area contributed by atoms with Gasteiger partial charge in [0.15, 0.2) is 0 Å². The first-order chi connectivity index (χ1) is 5.47. The van der Waals surface area contributed by atoms with Gasteiger partial charge in [0.25, 0.3) is 0 Å². The fourth-order valence-corrected chi connectivity index (χ4v) is 1.91. The van der Waals surface area contributed by atoms with Crippen molar-refractivity contribution < 1.29 is 0 Å². The van der Waals surface area contributed by atoms with Crippen molar-refractivity contribution >= 4 is 41.7 Å². The van der Waals surface area contributed by atoms with Gasteiger partial charge in [-0.15, -0.1) is 36.2 Å². The van der Waals surface area contributed by atoms with Crippen molar-refractivity contribution in [2.75, 3.05) is 13.1 Å². The summed E-state index contributed by atoms with van der Waals surface area (Å²) in [6.07, 6.45) is 5.21. The topological polar surface area (TPSA) is 24.9 Å². The third-order valence-corrected chi connectivity index (χ3v) is 2.62. The lowest BCUT2D eigenvalue weighted by atomic mass is 10.1. The van der Waals surface area contributed by atoms with Gasteiger partial charge in [0, 0.05) is 18.1 Å². The second kappa shape index (κ2) is 6.38. The molecule has 0 spiro atoms. The normalized spacial score (nSPS) is 15.2. The van der Waals surface area contributed by atoms with Gasteiger partial charge >= 0.3 is 0 Å². The Hall–Kier alpha value is -0.0900. The lowest BCUT2D eigenvalue weighted by molar-refractivity contribution is 0.738. The van der Waals surface area contributed by atoms with Gasteiger partial charge in [-0.05, 0) is 18.5 Å².